The Bertz CT molecular complexity index is 390. The van der Waals surface area contributed by atoms with Crippen molar-refractivity contribution in [1.29, 1.82) is 0 Å². The van der Waals surface area contributed by atoms with Gasteiger partial charge >= 0.3 is 0 Å². The van der Waals surface area contributed by atoms with Gasteiger partial charge in [0, 0.05) is 18.0 Å². The van der Waals surface area contributed by atoms with Gasteiger partial charge in [-0.25, -0.2) is 0 Å². The molecule has 114 valence electrons. The van der Waals surface area contributed by atoms with Crippen LogP contribution in [0.5, 0.6) is 0 Å². The molecule has 0 bridgehead atoms. The summed E-state index contributed by atoms with van der Waals surface area (Å²) in [5.74, 6) is 0.0937. The number of nitrogens with one attached hydrogen (secondary N) is 1. The van der Waals surface area contributed by atoms with E-state index in [0.717, 1.165) is 19.5 Å². The Morgan fingerprint density at radius 1 is 1.50 bits per heavy atom. The minimum Gasteiger partial charge on any atom is -0.355 e. The molecule has 1 amide bonds. The lowest BCUT2D eigenvalue weighted by Crippen LogP contribution is -2.44. The van der Waals surface area contributed by atoms with Gasteiger partial charge in [-0.05, 0) is 36.4 Å². The Balaban J connectivity index is 2.28. The van der Waals surface area contributed by atoms with E-state index in [4.69, 9.17) is 5.73 Å². The van der Waals surface area contributed by atoms with Crippen molar-refractivity contribution < 1.29 is 4.79 Å². The summed E-state index contributed by atoms with van der Waals surface area (Å²) in [6.45, 7) is 9.82. The van der Waals surface area contributed by atoms with Crippen LogP contribution in [-0.4, -0.2) is 43.5 Å². The van der Waals surface area contributed by atoms with Crippen LogP contribution in [0.4, 0.5) is 0 Å². The van der Waals surface area contributed by atoms with Crippen LogP contribution in [0, 0.1) is 5.41 Å². The van der Waals surface area contributed by atoms with E-state index in [1.807, 2.05) is 6.07 Å². The zero-order chi connectivity index (χ0) is 15.0. The van der Waals surface area contributed by atoms with Gasteiger partial charge in [0.2, 0.25) is 5.91 Å². The summed E-state index contributed by atoms with van der Waals surface area (Å²) in [7, 11) is 0. The molecule has 0 fully saturated rings. The highest BCUT2D eigenvalue weighted by molar-refractivity contribution is 7.09. The van der Waals surface area contributed by atoms with Gasteiger partial charge in [-0.1, -0.05) is 26.8 Å². The highest BCUT2D eigenvalue weighted by Gasteiger charge is 2.20. The van der Waals surface area contributed by atoms with Crippen molar-refractivity contribution in [2.45, 2.75) is 27.2 Å². The molecule has 0 aliphatic carbocycles. The fraction of sp³-hybridized carbons (Fsp3) is 0.667. The third kappa shape index (κ3) is 6.50. The molecule has 0 aliphatic heterocycles. The third-order valence-corrected chi connectivity index (χ3v) is 4.23. The van der Waals surface area contributed by atoms with E-state index in [1.54, 1.807) is 11.3 Å². The topological polar surface area (TPSA) is 58.4 Å². The monoisotopic (exact) mass is 297 g/mol. The Morgan fingerprint density at radius 2 is 2.25 bits per heavy atom. The fourth-order valence-electron chi connectivity index (χ4n) is 1.99. The van der Waals surface area contributed by atoms with Crippen LogP contribution in [0.2, 0.25) is 0 Å². The molecule has 5 heteroatoms. The molecule has 0 aromatic carbocycles. The predicted octanol–water partition coefficient (Wildman–Crippen LogP) is 1.71. The van der Waals surface area contributed by atoms with Crippen LogP contribution in [-0.2, 0) is 11.2 Å². The van der Waals surface area contributed by atoms with E-state index in [0.29, 0.717) is 19.6 Å². The second-order valence-corrected chi connectivity index (χ2v) is 6.88. The average molecular weight is 297 g/mol. The lowest BCUT2D eigenvalue weighted by Gasteiger charge is -2.30. The first-order valence-corrected chi connectivity index (χ1v) is 8.06. The van der Waals surface area contributed by atoms with Crippen LogP contribution in [0.3, 0.4) is 0 Å². The predicted molar refractivity (Wildman–Crippen MR) is 86.0 cm³/mol. The molecule has 0 aliphatic rings. The number of rotatable bonds is 9. The molecule has 4 nitrogen and oxygen atoms in total. The van der Waals surface area contributed by atoms with Gasteiger partial charge in [0.15, 0.2) is 0 Å². The number of amides is 1. The summed E-state index contributed by atoms with van der Waals surface area (Å²) in [4.78, 5) is 15.4. The Labute approximate surface area is 126 Å². The quantitative estimate of drug-likeness (QED) is 0.729. The van der Waals surface area contributed by atoms with Crippen LogP contribution in [0.15, 0.2) is 17.5 Å². The van der Waals surface area contributed by atoms with Crippen molar-refractivity contribution in [3.63, 3.8) is 0 Å². The summed E-state index contributed by atoms with van der Waals surface area (Å²) >= 11 is 1.73. The van der Waals surface area contributed by atoms with E-state index in [1.165, 1.54) is 4.88 Å². The van der Waals surface area contributed by atoms with E-state index in [-0.39, 0.29) is 11.3 Å². The molecule has 1 heterocycles. The highest BCUT2D eigenvalue weighted by Crippen LogP contribution is 2.14. The second-order valence-electron chi connectivity index (χ2n) is 5.85. The first kappa shape index (κ1) is 17.1. The number of carbonyl (C=O) groups is 1. The first-order valence-electron chi connectivity index (χ1n) is 7.18. The zero-order valence-corrected chi connectivity index (χ0v) is 13.6. The lowest BCUT2D eigenvalue weighted by atomic mass is 9.93. The number of nitrogens with two attached hydrogens (primary N) is 1. The number of likely N-dealkylation sites (N-methyl/N-ethyl adjacent to an activating group) is 1. The molecule has 1 aromatic rings. The van der Waals surface area contributed by atoms with Gasteiger partial charge in [-0.3, -0.25) is 9.69 Å². The molecule has 20 heavy (non-hydrogen) atoms. The van der Waals surface area contributed by atoms with Crippen molar-refractivity contribution in [2.24, 2.45) is 11.1 Å². The fourth-order valence-corrected chi connectivity index (χ4v) is 2.70. The minimum atomic E-state index is 0.0489. The lowest BCUT2D eigenvalue weighted by molar-refractivity contribution is -0.122. The van der Waals surface area contributed by atoms with Crippen molar-refractivity contribution in [3.05, 3.63) is 22.4 Å². The molecule has 0 atom stereocenters. The van der Waals surface area contributed by atoms with E-state index in [2.05, 4.69) is 42.4 Å². The maximum Gasteiger partial charge on any atom is 0.234 e. The number of thiophene rings is 1. The van der Waals surface area contributed by atoms with Crippen LogP contribution in [0.25, 0.3) is 0 Å². The standard InChI is InChI=1S/C15H27N3OS/c1-4-18(12-15(2,3)11-16)10-14(19)17-8-7-13-6-5-9-20-13/h5-6,9H,4,7-8,10-12,16H2,1-3H3,(H,17,19). The van der Waals surface area contributed by atoms with Gasteiger partial charge in [0.25, 0.3) is 0 Å². The van der Waals surface area contributed by atoms with Gasteiger partial charge < -0.3 is 11.1 Å². The van der Waals surface area contributed by atoms with Gasteiger partial charge in [-0.15, -0.1) is 11.3 Å². The first-order chi connectivity index (χ1) is 9.46. The van der Waals surface area contributed by atoms with Crippen molar-refractivity contribution >= 4 is 17.2 Å². The molecular formula is C15H27N3OS. The number of hydrogen-bond acceptors (Lipinski definition) is 4. The second kappa shape index (κ2) is 8.39. The summed E-state index contributed by atoms with van der Waals surface area (Å²) in [6, 6.07) is 4.13. The largest absolute Gasteiger partial charge is 0.355 e. The smallest absolute Gasteiger partial charge is 0.234 e. The molecule has 1 rings (SSSR count). The van der Waals surface area contributed by atoms with Crippen LogP contribution in [0.1, 0.15) is 25.6 Å². The third-order valence-electron chi connectivity index (χ3n) is 3.29. The highest BCUT2D eigenvalue weighted by atomic mass is 32.1. The summed E-state index contributed by atoms with van der Waals surface area (Å²) in [6.07, 6.45) is 0.907. The Kier molecular flexibility index (Phi) is 7.19. The van der Waals surface area contributed by atoms with E-state index >= 15 is 0 Å². The number of hydrogen-bond donors (Lipinski definition) is 2. The average Bonchev–Trinajstić information content (AvgIpc) is 2.91. The SMILES string of the molecule is CCN(CC(=O)NCCc1cccs1)CC(C)(C)CN. The zero-order valence-electron chi connectivity index (χ0n) is 12.8. The van der Waals surface area contributed by atoms with Crippen molar-refractivity contribution in [3.8, 4) is 0 Å². The minimum absolute atomic E-state index is 0.0489. The van der Waals surface area contributed by atoms with Crippen LogP contribution >= 0.6 is 11.3 Å². The maximum atomic E-state index is 11.9. The van der Waals surface area contributed by atoms with Gasteiger partial charge in [0.05, 0.1) is 6.54 Å². The number of carbonyl (C=O) groups excluding carboxylic acids is 1. The van der Waals surface area contributed by atoms with Crippen LogP contribution < -0.4 is 11.1 Å². The van der Waals surface area contributed by atoms with Gasteiger partial charge in [-0.2, -0.15) is 0 Å². The molecule has 0 unspecified atom stereocenters. The Hall–Kier alpha value is -0.910. The van der Waals surface area contributed by atoms with Crippen molar-refractivity contribution in [2.75, 3.05) is 32.7 Å². The molecule has 0 spiro atoms. The number of nitrogens with zero attached hydrogens (tertiary/aromatic N) is 1. The normalized spacial score (nSPS) is 11.8. The Morgan fingerprint density at radius 3 is 2.80 bits per heavy atom. The summed E-state index contributed by atoms with van der Waals surface area (Å²) in [5.41, 5.74) is 5.80. The summed E-state index contributed by atoms with van der Waals surface area (Å²) < 4.78 is 0. The molecule has 1 aromatic heterocycles. The molecule has 0 radical (unpaired) electrons. The molecular weight excluding hydrogens is 270 g/mol. The van der Waals surface area contributed by atoms with E-state index in [9.17, 15) is 4.79 Å². The molecule has 0 saturated carbocycles. The molecule has 3 N–H and O–H groups in total. The molecule has 0 saturated heterocycles. The van der Waals surface area contributed by atoms with E-state index < -0.39 is 0 Å². The van der Waals surface area contributed by atoms with Gasteiger partial charge in [0.1, 0.15) is 0 Å². The van der Waals surface area contributed by atoms with Crippen molar-refractivity contribution in [1.82, 2.24) is 10.2 Å². The maximum absolute atomic E-state index is 11.9. The summed E-state index contributed by atoms with van der Waals surface area (Å²) in [5, 5.41) is 5.04.